The largest absolute Gasteiger partial charge is 0.441 e. The predicted molar refractivity (Wildman–Crippen MR) is 93.9 cm³/mol. The smallest absolute Gasteiger partial charge is 0.390 e. The molecule has 7 nitrogen and oxygen atoms in total. The van der Waals surface area contributed by atoms with Gasteiger partial charge < -0.3 is 5.11 Å². The monoisotopic (exact) mass is 342 g/mol. The van der Waals surface area contributed by atoms with Crippen LogP contribution in [0.3, 0.4) is 0 Å². The molecule has 0 radical (unpaired) electrons. The van der Waals surface area contributed by atoms with Gasteiger partial charge in [-0.05, 0) is 0 Å². The van der Waals surface area contributed by atoms with Gasteiger partial charge in [-0.2, -0.15) is 0 Å². The minimum absolute atomic E-state index is 0.150. The summed E-state index contributed by atoms with van der Waals surface area (Å²) in [4.78, 5) is 16.3. The van der Waals surface area contributed by atoms with E-state index in [4.69, 9.17) is 10.9 Å². The Morgan fingerprint density at radius 3 is 2.52 bits per heavy atom. The van der Waals surface area contributed by atoms with Crippen molar-refractivity contribution in [3.63, 3.8) is 0 Å². The Bertz CT molecular complexity index is 770. The zero-order chi connectivity index (χ0) is 17.6. The number of hydrogen-bond donors (Lipinski definition) is 1. The molecular formula is C18H22N4O3. The second kappa shape index (κ2) is 8.12. The van der Waals surface area contributed by atoms with Gasteiger partial charge in [0.25, 0.3) is 0 Å². The lowest BCUT2D eigenvalue weighted by molar-refractivity contribution is 0.0672. The first-order valence-corrected chi connectivity index (χ1v) is 8.35. The number of benzene rings is 1. The van der Waals surface area contributed by atoms with Crippen molar-refractivity contribution in [2.75, 3.05) is 39.3 Å². The molecule has 2 aromatic rings. The van der Waals surface area contributed by atoms with Crippen LogP contribution in [0.5, 0.6) is 0 Å². The number of β-amino-alcohol motifs (C(OH)–C–C–N with tert-alkyl or cyclic N) is 1. The third-order valence-electron chi connectivity index (χ3n) is 4.36. The van der Waals surface area contributed by atoms with Crippen LogP contribution in [0.2, 0.25) is 0 Å². The molecule has 0 aliphatic carbocycles. The summed E-state index contributed by atoms with van der Waals surface area (Å²) in [5, 5.41) is 14.3. The Labute approximate surface area is 146 Å². The van der Waals surface area contributed by atoms with Gasteiger partial charge in [-0.3, -0.25) is 18.9 Å². The number of aromatic nitrogens is 2. The van der Waals surface area contributed by atoms with Crippen LogP contribution >= 0.6 is 0 Å². The summed E-state index contributed by atoms with van der Waals surface area (Å²) in [7, 11) is 0. The second-order valence-corrected chi connectivity index (χ2v) is 6.18. The highest BCUT2D eigenvalue weighted by atomic mass is 16.5. The first kappa shape index (κ1) is 17.4. The summed E-state index contributed by atoms with van der Waals surface area (Å²) in [6.07, 6.45) is 4.65. The van der Waals surface area contributed by atoms with Crippen LogP contribution in [-0.2, 0) is 6.54 Å². The Morgan fingerprint density at radius 1 is 1.16 bits per heavy atom. The standard InChI is InChI=1S/C18H22N4O3/c1-2-8-20-9-11-21(12-10-20)13-16(23)14-22-17(19-25-18(22)24)15-6-4-3-5-7-15/h1,3-7,16,23H,8-14H2. The minimum atomic E-state index is -0.682. The molecule has 3 rings (SSSR count). The van der Waals surface area contributed by atoms with Crippen LogP contribution in [0, 0.1) is 12.3 Å². The average molecular weight is 342 g/mol. The number of nitrogens with zero attached hydrogens (tertiary/aromatic N) is 4. The number of aliphatic hydroxyl groups is 1. The Balaban J connectivity index is 1.61. The number of piperazine rings is 1. The summed E-state index contributed by atoms with van der Waals surface area (Å²) in [6.45, 7) is 4.78. The zero-order valence-corrected chi connectivity index (χ0v) is 14.0. The highest BCUT2D eigenvalue weighted by molar-refractivity contribution is 5.54. The fourth-order valence-corrected chi connectivity index (χ4v) is 3.05. The molecule has 1 aromatic heterocycles. The topological polar surface area (TPSA) is 74.7 Å². The molecule has 1 aliphatic rings. The maximum absolute atomic E-state index is 11.9. The van der Waals surface area contributed by atoms with E-state index >= 15 is 0 Å². The van der Waals surface area contributed by atoms with Gasteiger partial charge in [0, 0.05) is 38.3 Å². The van der Waals surface area contributed by atoms with E-state index in [0.29, 0.717) is 18.9 Å². The van der Waals surface area contributed by atoms with E-state index in [1.807, 2.05) is 30.3 Å². The van der Waals surface area contributed by atoms with Crippen molar-refractivity contribution in [1.29, 1.82) is 0 Å². The molecular weight excluding hydrogens is 320 g/mol. The Morgan fingerprint density at radius 2 is 1.84 bits per heavy atom. The first-order valence-electron chi connectivity index (χ1n) is 8.35. The lowest BCUT2D eigenvalue weighted by Gasteiger charge is -2.34. The SMILES string of the molecule is C#CCN1CCN(CC(O)Cn2c(-c3ccccc3)noc2=O)CC1. The van der Waals surface area contributed by atoms with Crippen molar-refractivity contribution in [3.05, 3.63) is 40.9 Å². The highest BCUT2D eigenvalue weighted by Gasteiger charge is 2.21. The molecule has 1 saturated heterocycles. The number of terminal acetylenes is 1. The van der Waals surface area contributed by atoms with E-state index in [1.165, 1.54) is 4.57 Å². The second-order valence-electron chi connectivity index (χ2n) is 6.18. The molecule has 2 heterocycles. The van der Waals surface area contributed by atoms with Crippen LogP contribution < -0.4 is 5.76 Å². The molecule has 0 spiro atoms. The molecule has 132 valence electrons. The zero-order valence-electron chi connectivity index (χ0n) is 14.0. The van der Waals surface area contributed by atoms with E-state index in [2.05, 4.69) is 20.9 Å². The molecule has 1 unspecified atom stereocenters. The van der Waals surface area contributed by atoms with Gasteiger partial charge in [0.1, 0.15) is 0 Å². The molecule has 25 heavy (non-hydrogen) atoms. The summed E-state index contributed by atoms with van der Waals surface area (Å²) in [5.74, 6) is 2.53. The van der Waals surface area contributed by atoms with E-state index in [0.717, 1.165) is 31.7 Å². The molecule has 0 amide bonds. The van der Waals surface area contributed by atoms with Crippen LogP contribution in [-0.4, -0.2) is 70.0 Å². The average Bonchev–Trinajstić information content (AvgIpc) is 2.98. The van der Waals surface area contributed by atoms with Gasteiger partial charge in [0.05, 0.1) is 19.2 Å². The minimum Gasteiger partial charge on any atom is -0.390 e. The fourth-order valence-electron chi connectivity index (χ4n) is 3.05. The number of rotatable bonds is 6. The van der Waals surface area contributed by atoms with Crippen molar-refractivity contribution in [1.82, 2.24) is 19.5 Å². The Hall–Kier alpha value is -2.40. The van der Waals surface area contributed by atoms with Crippen LogP contribution in [0.25, 0.3) is 11.4 Å². The molecule has 1 fully saturated rings. The van der Waals surface area contributed by atoms with E-state index in [1.54, 1.807) is 0 Å². The molecule has 1 aliphatic heterocycles. The molecule has 0 saturated carbocycles. The van der Waals surface area contributed by atoms with Gasteiger partial charge >= 0.3 is 5.76 Å². The molecule has 1 atom stereocenters. The lowest BCUT2D eigenvalue weighted by Crippen LogP contribution is -2.49. The van der Waals surface area contributed by atoms with Gasteiger partial charge in [-0.25, -0.2) is 4.79 Å². The van der Waals surface area contributed by atoms with Gasteiger partial charge in [0.2, 0.25) is 0 Å². The number of hydrogen-bond acceptors (Lipinski definition) is 6. The van der Waals surface area contributed by atoms with Crippen molar-refractivity contribution >= 4 is 0 Å². The van der Waals surface area contributed by atoms with Crippen LogP contribution in [0.1, 0.15) is 0 Å². The lowest BCUT2D eigenvalue weighted by atomic mass is 10.2. The highest BCUT2D eigenvalue weighted by Crippen LogP contribution is 2.15. The third kappa shape index (κ3) is 4.37. The first-order chi connectivity index (χ1) is 12.2. The summed E-state index contributed by atoms with van der Waals surface area (Å²) in [6, 6.07) is 9.33. The van der Waals surface area contributed by atoms with Gasteiger partial charge in [0.15, 0.2) is 5.82 Å². The van der Waals surface area contributed by atoms with Gasteiger partial charge in [-0.15, -0.1) is 6.42 Å². The predicted octanol–water partition coefficient (Wildman–Crippen LogP) is 0.115. The van der Waals surface area contributed by atoms with Crippen LogP contribution in [0.4, 0.5) is 0 Å². The normalized spacial score (nSPS) is 17.3. The fraction of sp³-hybridized carbons (Fsp3) is 0.444. The molecule has 1 aromatic carbocycles. The van der Waals surface area contributed by atoms with E-state index in [9.17, 15) is 9.90 Å². The van der Waals surface area contributed by atoms with E-state index < -0.39 is 11.9 Å². The number of aliphatic hydroxyl groups excluding tert-OH is 1. The summed E-state index contributed by atoms with van der Waals surface area (Å²) < 4.78 is 6.17. The summed E-state index contributed by atoms with van der Waals surface area (Å²) >= 11 is 0. The van der Waals surface area contributed by atoms with Crippen molar-refractivity contribution in [2.45, 2.75) is 12.6 Å². The van der Waals surface area contributed by atoms with Crippen molar-refractivity contribution < 1.29 is 9.63 Å². The molecule has 0 bridgehead atoms. The van der Waals surface area contributed by atoms with E-state index in [-0.39, 0.29) is 6.54 Å². The Kier molecular flexibility index (Phi) is 5.66. The van der Waals surface area contributed by atoms with Crippen LogP contribution in [0.15, 0.2) is 39.6 Å². The van der Waals surface area contributed by atoms with Crippen molar-refractivity contribution in [3.8, 4) is 23.7 Å². The molecule has 1 N–H and O–H groups in total. The maximum atomic E-state index is 11.9. The van der Waals surface area contributed by atoms with Crippen molar-refractivity contribution in [2.24, 2.45) is 0 Å². The molecule has 7 heteroatoms. The van der Waals surface area contributed by atoms with Gasteiger partial charge in [-0.1, -0.05) is 41.4 Å². The third-order valence-corrected chi connectivity index (χ3v) is 4.36. The summed E-state index contributed by atoms with van der Waals surface area (Å²) in [5.41, 5.74) is 0.781. The maximum Gasteiger partial charge on any atom is 0.441 e. The quantitative estimate of drug-likeness (QED) is 0.752.